The Morgan fingerprint density at radius 3 is 2.65 bits per heavy atom. The lowest BCUT2D eigenvalue weighted by Crippen LogP contribution is -2.09. The number of phenols is 1. The number of rotatable bonds is 6. The molecule has 0 atom stereocenters. The van der Waals surface area contributed by atoms with E-state index in [1.165, 1.54) is 24.4 Å². The topological polar surface area (TPSA) is 140 Å². The Labute approximate surface area is 147 Å². The molecule has 1 heterocycles. The van der Waals surface area contributed by atoms with E-state index < -0.39 is 28.3 Å². The number of aromatic nitrogens is 1. The molecule has 0 bridgehead atoms. The minimum atomic E-state index is -1.29. The van der Waals surface area contributed by atoms with Crippen LogP contribution in [0.4, 0.5) is 5.69 Å². The van der Waals surface area contributed by atoms with E-state index in [-0.39, 0.29) is 23.4 Å². The Morgan fingerprint density at radius 1 is 1.31 bits per heavy atom. The van der Waals surface area contributed by atoms with Gasteiger partial charge < -0.3 is 14.9 Å². The summed E-state index contributed by atoms with van der Waals surface area (Å²) in [6.07, 6.45) is 3.93. The van der Waals surface area contributed by atoms with Gasteiger partial charge in [-0.05, 0) is 30.7 Å². The molecule has 1 aromatic heterocycles. The van der Waals surface area contributed by atoms with Crippen LogP contribution in [0.15, 0.2) is 30.5 Å². The first-order chi connectivity index (χ1) is 12.3. The molecular formula is C17H14N2O7. The molecule has 2 rings (SSSR count). The number of benzene rings is 1. The number of hydrogen-bond donors (Lipinski definition) is 2. The smallest absolute Gasteiger partial charge is 0.339 e. The monoisotopic (exact) mass is 358 g/mol. The Bertz CT molecular complexity index is 906. The summed E-state index contributed by atoms with van der Waals surface area (Å²) in [7, 11) is 0. The SMILES string of the molecule is CCOC(=O)c1cnc(/C=C/c2ccc(O)c([N+](=O)[O-])c2)c(C(=O)O)c1. The first-order valence-electron chi connectivity index (χ1n) is 7.39. The second kappa shape index (κ2) is 7.88. The van der Waals surface area contributed by atoms with Crippen LogP contribution in [0.2, 0.25) is 0 Å². The van der Waals surface area contributed by atoms with Crippen molar-refractivity contribution in [2.45, 2.75) is 6.92 Å². The first-order valence-corrected chi connectivity index (χ1v) is 7.39. The summed E-state index contributed by atoms with van der Waals surface area (Å²) in [6.45, 7) is 1.76. The van der Waals surface area contributed by atoms with Gasteiger partial charge in [-0.25, -0.2) is 9.59 Å². The zero-order valence-corrected chi connectivity index (χ0v) is 13.6. The summed E-state index contributed by atoms with van der Waals surface area (Å²) in [5.74, 6) is -2.46. The average molecular weight is 358 g/mol. The zero-order chi connectivity index (χ0) is 19.3. The van der Waals surface area contributed by atoms with Crippen molar-refractivity contribution in [3.63, 3.8) is 0 Å². The van der Waals surface area contributed by atoms with Crippen molar-refractivity contribution in [2.24, 2.45) is 0 Å². The van der Waals surface area contributed by atoms with Crippen molar-refractivity contribution in [2.75, 3.05) is 6.61 Å². The van der Waals surface area contributed by atoms with Crippen LogP contribution in [0.5, 0.6) is 5.75 Å². The molecule has 0 radical (unpaired) electrons. The molecule has 0 aliphatic heterocycles. The van der Waals surface area contributed by atoms with Crippen molar-refractivity contribution in [3.05, 3.63) is 63.0 Å². The molecule has 0 aliphatic carbocycles. The predicted molar refractivity (Wildman–Crippen MR) is 90.8 cm³/mol. The summed E-state index contributed by atoms with van der Waals surface area (Å²) < 4.78 is 4.80. The van der Waals surface area contributed by atoms with Crippen LogP contribution in [-0.4, -0.2) is 38.7 Å². The lowest BCUT2D eigenvalue weighted by molar-refractivity contribution is -0.385. The fraction of sp³-hybridized carbons (Fsp3) is 0.118. The molecule has 0 spiro atoms. The molecule has 0 saturated carbocycles. The van der Waals surface area contributed by atoms with Crippen molar-refractivity contribution in [1.29, 1.82) is 0 Å². The number of aromatic hydroxyl groups is 1. The third-order valence-corrected chi connectivity index (χ3v) is 3.29. The van der Waals surface area contributed by atoms with E-state index in [2.05, 4.69) is 4.98 Å². The highest BCUT2D eigenvalue weighted by molar-refractivity contribution is 5.97. The second-order valence-corrected chi connectivity index (χ2v) is 5.02. The number of carboxylic acids is 1. The number of aromatic carboxylic acids is 1. The van der Waals surface area contributed by atoms with Crippen LogP contribution in [0.1, 0.15) is 38.9 Å². The number of carbonyl (C=O) groups excluding carboxylic acids is 1. The van der Waals surface area contributed by atoms with Crippen LogP contribution in [-0.2, 0) is 4.74 Å². The molecule has 26 heavy (non-hydrogen) atoms. The Morgan fingerprint density at radius 2 is 2.04 bits per heavy atom. The van der Waals surface area contributed by atoms with Gasteiger partial charge in [0.25, 0.3) is 0 Å². The van der Waals surface area contributed by atoms with Crippen molar-refractivity contribution in [3.8, 4) is 5.75 Å². The van der Waals surface area contributed by atoms with Gasteiger partial charge in [-0.1, -0.05) is 12.1 Å². The lowest BCUT2D eigenvalue weighted by Gasteiger charge is -2.05. The van der Waals surface area contributed by atoms with Gasteiger partial charge in [-0.15, -0.1) is 0 Å². The average Bonchev–Trinajstić information content (AvgIpc) is 2.60. The molecule has 2 N–H and O–H groups in total. The molecular weight excluding hydrogens is 344 g/mol. The predicted octanol–water partition coefficient (Wildman–Crippen LogP) is 2.74. The van der Waals surface area contributed by atoms with E-state index in [0.717, 1.165) is 18.2 Å². The Kier molecular flexibility index (Phi) is 5.63. The van der Waals surface area contributed by atoms with Gasteiger partial charge in [-0.2, -0.15) is 0 Å². The maximum atomic E-state index is 11.7. The molecule has 0 unspecified atom stereocenters. The van der Waals surface area contributed by atoms with E-state index in [1.807, 2.05) is 0 Å². The van der Waals surface area contributed by atoms with Gasteiger partial charge in [0.1, 0.15) is 0 Å². The highest BCUT2D eigenvalue weighted by atomic mass is 16.6. The number of pyridine rings is 1. The summed E-state index contributed by atoms with van der Waals surface area (Å²) in [6, 6.07) is 4.87. The van der Waals surface area contributed by atoms with E-state index >= 15 is 0 Å². The van der Waals surface area contributed by atoms with Crippen LogP contribution < -0.4 is 0 Å². The van der Waals surface area contributed by atoms with Crippen molar-refractivity contribution < 1.29 is 29.5 Å². The molecule has 2 aromatic rings. The summed E-state index contributed by atoms with van der Waals surface area (Å²) in [5, 5.41) is 29.6. The van der Waals surface area contributed by atoms with E-state index in [1.54, 1.807) is 6.92 Å². The minimum Gasteiger partial charge on any atom is -0.502 e. The molecule has 1 aromatic carbocycles. The fourth-order valence-corrected chi connectivity index (χ4v) is 2.07. The number of nitro benzene ring substituents is 1. The van der Waals surface area contributed by atoms with Crippen LogP contribution in [0.25, 0.3) is 12.2 Å². The third kappa shape index (κ3) is 4.20. The van der Waals surface area contributed by atoms with Crippen LogP contribution in [0, 0.1) is 10.1 Å². The van der Waals surface area contributed by atoms with E-state index in [9.17, 15) is 29.9 Å². The summed E-state index contributed by atoms with van der Waals surface area (Å²) in [5.41, 5.74) is -0.277. The van der Waals surface area contributed by atoms with Crippen molar-refractivity contribution in [1.82, 2.24) is 4.98 Å². The third-order valence-electron chi connectivity index (χ3n) is 3.29. The highest BCUT2D eigenvalue weighted by Gasteiger charge is 2.16. The number of nitrogens with zero attached hydrogens (tertiary/aromatic N) is 2. The lowest BCUT2D eigenvalue weighted by atomic mass is 10.1. The zero-order valence-electron chi connectivity index (χ0n) is 13.6. The molecule has 0 aliphatic rings. The number of esters is 1. The number of carbonyl (C=O) groups is 2. The standard InChI is InChI=1S/C17H14N2O7/c1-2-26-17(23)11-8-12(16(21)22)13(18-9-11)5-3-10-4-6-15(20)14(7-10)19(24)25/h3-9,20H,2H2,1H3,(H,21,22)/b5-3+. The van der Waals surface area contributed by atoms with Gasteiger partial charge >= 0.3 is 17.6 Å². The largest absolute Gasteiger partial charge is 0.502 e. The molecule has 0 fully saturated rings. The number of ether oxygens (including phenoxy) is 1. The fourth-order valence-electron chi connectivity index (χ4n) is 2.07. The normalized spacial score (nSPS) is 10.7. The van der Waals surface area contributed by atoms with Gasteiger partial charge in [0.05, 0.1) is 28.4 Å². The Balaban J connectivity index is 2.38. The van der Waals surface area contributed by atoms with Gasteiger partial charge in [0.2, 0.25) is 0 Å². The quantitative estimate of drug-likeness (QED) is 0.456. The van der Waals surface area contributed by atoms with Gasteiger partial charge in [-0.3, -0.25) is 15.1 Å². The molecule has 0 amide bonds. The number of nitro groups is 1. The molecule has 9 heteroatoms. The summed E-state index contributed by atoms with van der Waals surface area (Å²) in [4.78, 5) is 37.1. The summed E-state index contributed by atoms with van der Waals surface area (Å²) >= 11 is 0. The number of hydrogen-bond acceptors (Lipinski definition) is 7. The maximum Gasteiger partial charge on any atom is 0.339 e. The highest BCUT2D eigenvalue weighted by Crippen LogP contribution is 2.27. The second-order valence-electron chi connectivity index (χ2n) is 5.02. The molecule has 0 saturated heterocycles. The number of carboxylic acid groups (broad SMARTS) is 1. The molecule has 134 valence electrons. The van der Waals surface area contributed by atoms with Crippen LogP contribution in [0.3, 0.4) is 0 Å². The first kappa shape index (κ1) is 18.6. The minimum absolute atomic E-state index is 0.00155. The number of phenolic OH excluding ortho intramolecular Hbond substituents is 1. The Hall–Kier alpha value is -3.75. The molecule has 9 nitrogen and oxygen atoms in total. The van der Waals surface area contributed by atoms with Gasteiger partial charge in [0, 0.05) is 12.3 Å². The van der Waals surface area contributed by atoms with Crippen LogP contribution >= 0.6 is 0 Å². The van der Waals surface area contributed by atoms with E-state index in [4.69, 9.17) is 4.74 Å². The van der Waals surface area contributed by atoms with E-state index in [0.29, 0.717) is 5.56 Å². The maximum absolute atomic E-state index is 11.7. The van der Waals surface area contributed by atoms with Gasteiger partial charge in [0.15, 0.2) is 5.75 Å². The van der Waals surface area contributed by atoms with Crippen molar-refractivity contribution >= 4 is 29.8 Å².